The SMILES string of the molecule is COc1ccc(C2c3cccn3CCN2S(=O)(=O)c2ccc(Cl)cc2)c(OC)c1. The van der Waals surface area contributed by atoms with Crippen molar-refractivity contribution in [2.24, 2.45) is 0 Å². The number of rotatable bonds is 5. The highest BCUT2D eigenvalue weighted by Gasteiger charge is 2.39. The van der Waals surface area contributed by atoms with E-state index in [-0.39, 0.29) is 4.90 Å². The molecule has 0 bridgehead atoms. The van der Waals surface area contributed by atoms with Crippen molar-refractivity contribution in [2.75, 3.05) is 20.8 Å². The fraction of sp³-hybridized carbons (Fsp3) is 0.238. The number of benzene rings is 2. The molecule has 3 aromatic rings. The summed E-state index contributed by atoms with van der Waals surface area (Å²) in [5.41, 5.74) is 1.64. The van der Waals surface area contributed by atoms with Crippen LogP contribution in [-0.2, 0) is 16.6 Å². The summed E-state index contributed by atoms with van der Waals surface area (Å²) in [5, 5.41) is 0.491. The van der Waals surface area contributed by atoms with E-state index < -0.39 is 16.1 Å². The number of ether oxygens (including phenoxy) is 2. The maximum absolute atomic E-state index is 13.5. The number of fused-ring (bicyclic) bond motifs is 1. The molecule has 0 aliphatic carbocycles. The standard InChI is InChI=1S/C21H21ClN2O4S/c1-27-16-7-10-18(20(14-16)28-2)21-19-4-3-11-23(19)12-13-24(21)29(25,26)17-8-5-15(22)6-9-17/h3-11,14,21H,12-13H2,1-2H3. The molecular formula is C21H21ClN2O4S. The molecule has 0 N–H and O–H groups in total. The number of sulfonamides is 1. The van der Waals surface area contributed by atoms with Crippen molar-refractivity contribution in [1.29, 1.82) is 0 Å². The van der Waals surface area contributed by atoms with Gasteiger partial charge in [-0.1, -0.05) is 11.6 Å². The van der Waals surface area contributed by atoms with Gasteiger partial charge in [0.1, 0.15) is 11.5 Å². The van der Waals surface area contributed by atoms with E-state index in [9.17, 15) is 8.42 Å². The van der Waals surface area contributed by atoms with Gasteiger partial charge in [-0.3, -0.25) is 0 Å². The molecule has 8 heteroatoms. The summed E-state index contributed by atoms with van der Waals surface area (Å²) < 4.78 is 41.6. The maximum atomic E-state index is 13.5. The summed E-state index contributed by atoms with van der Waals surface area (Å²) in [6, 6.07) is 15.0. The molecule has 1 aromatic heterocycles. The lowest BCUT2D eigenvalue weighted by Crippen LogP contribution is -2.42. The van der Waals surface area contributed by atoms with Crippen LogP contribution in [0.15, 0.2) is 65.7 Å². The van der Waals surface area contributed by atoms with Gasteiger partial charge in [0.05, 0.1) is 25.2 Å². The highest BCUT2D eigenvalue weighted by atomic mass is 35.5. The van der Waals surface area contributed by atoms with Crippen molar-refractivity contribution < 1.29 is 17.9 Å². The number of hydrogen-bond donors (Lipinski definition) is 0. The van der Waals surface area contributed by atoms with Gasteiger partial charge < -0.3 is 14.0 Å². The molecule has 0 fully saturated rings. The Kier molecular flexibility index (Phi) is 5.29. The lowest BCUT2D eigenvalue weighted by Gasteiger charge is -2.36. The Bertz CT molecular complexity index is 1130. The molecule has 1 atom stereocenters. The molecule has 6 nitrogen and oxygen atoms in total. The molecule has 0 amide bonds. The number of hydrogen-bond acceptors (Lipinski definition) is 4. The summed E-state index contributed by atoms with van der Waals surface area (Å²) >= 11 is 5.95. The minimum Gasteiger partial charge on any atom is -0.497 e. The molecule has 2 heterocycles. The van der Waals surface area contributed by atoms with Crippen molar-refractivity contribution in [3.8, 4) is 11.5 Å². The Hall–Kier alpha value is -2.48. The van der Waals surface area contributed by atoms with E-state index in [1.54, 1.807) is 32.4 Å². The Morgan fingerprint density at radius 2 is 1.76 bits per heavy atom. The first-order valence-electron chi connectivity index (χ1n) is 9.10. The van der Waals surface area contributed by atoms with E-state index in [1.807, 2.05) is 30.5 Å². The minimum absolute atomic E-state index is 0.208. The predicted molar refractivity (Wildman–Crippen MR) is 111 cm³/mol. The first-order chi connectivity index (χ1) is 14.0. The third kappa shape index (κ3) is 3.50. The normalized spacial score (nSPS) is 17.0. The Morgan fingerprint density at radius 3 is 2.45 bits per heavy atom. The van der Waals surface area contributed by atoms with E-state index in [0.29, 0.717) is 29.6 Å². The molecule has 0 radical (unpaired) electrons. The van der Waals surface area contributed by atoms with Crippen LogP contribution in [-0.4, -0.2) is 38.1 Å². The van der Waals surface area contributed by atoms with Crippen LogP contribution in [0.4, 0.5) is 0 Å². The second kappa shape index (κ2) is 7.74. The van der Waals surface area contributed by atoms with Gasteiger partial charge in [-0.15, -0.1) is 0 Å². The van der Waals surface area contributed by atoms with Gasteiger partial charge >= 0.3 is 0 Å². The number of nitrogens with zero attached hydrogens (tertiary/aromatic N) is 2. The van der Waals surface area contributed by atoms with Crippen molar-refractivity contribution >= 4 is 21.6 Å². The Labute approximate surface area is 175 Å². The lowest BCUT2D eigenvalue weighted by atomic mass is 10.0. The van der Waals surface area contributed by atoms with Gasteiger partial charge in [0.15, 0.2) is 0 Å². The zero-order chi connectivity index (χ0) is 20.6. The molecule has 0 saturated carbocycles. The Morgan fingerprint density at radius 1 is 1.00 bits per heavy atom. The van der Waals surface area contributed by atoms with Gasteiger partial charge in [0.25, 0.3) is 0 Å². The van der Waals surface area contributed by atoms with Crippen LogP contribution < -0.4 is 9.47 Å². The molecule has 4 rings (SSSR count). The highest BCUT2D eigenvalue weighted by Crippen LogP contribution is 2.41. The zero-order valence-electron chi connectivity index (χ0n) is 16.1. The molecule has 1 aliphatic heterocycles. The third-order valence-electron chi connectivity index (χ3n) is 5.15. The first kappa shape index (κ1) is 19.8. The number of methoxy groups -OCH3 is 2. The van der Waals surface area contributed by atoms with E-state index in [1.165, 1.54) is 16.4 Å². The van der Waals surface area contributed by atoms with Crippen molar-refractivity contribution in [2.45, 2.75) is 17.5 Å². The van der Waals surface area contributed by atoms with E-state index in [4.69, 9.17) is 21.1 Å². The molecule has 1 unspecified atom stereocenters. The van der Waals surface area contributed by atoms with Crippen LogP contribution in [0.2, 0.25) is 5.02 Å². The van der Waals surface area contributed by atoms with Gasteiger partial charge in [-0.05, 0) is 48.5 Å². The summed E-state index contributed by atoms with van der Waals surface area (Å²) in [6.45, 7) is 0.913. The van der Waals surface area contributed by atoms with Crippen LogP contribution in [0.1, 0.15) is 17.3 Å². The molecule has 1 aliphatic rings. The average Bonchev–Trinajstić information content (AvgIpc) is 3.22. The molecule has 2 aromatic carbocycles. The molecule has 29 heavy (non-hydrogen) atoms. The smallest absolute Gasteiger partial charge is 0.244 e. The highest BCUT2D eigenvalue weighted by molar-refractivity contribution is 7.89. The minimum atomic E-state index is -3.76. The summed E-state index contributed by atoms with van der Waals surface area (Å²) in [7, 11) is -0.614. The quantitative estimate of drug-likeness (QED) is 0.612. The Balaban J connectivity index is 1.87. The summed E-state index contributed by atoms with van der Waals surface area (Å²) in [6.07, 6.45) is 1.96. The van der Waals surface area contributed by atoms with Crippen molar-refractivity contribution in [3.63, 3.8) is 0 Å². The van der Waals surface area contributed by atoms with Crippen LogP contribution in [0, 0.1) is 0 Å². The predicted octanol–water partition coefficient (Wildman–Crippen LogP) is 3.95. The van der Waals surface area contributed by atoms with Gasteiger partial charge in [-0.2, -0.15) is 4.31 Å². The molecular weight excluding hydrogens is 412 g/mol. The van der Waals surface area contributed by atoms with Crippen molar-refractivity contribution in [3.05, 3.63) is 77.1 Å². The topological polar surface area (TPSA) is 60.8 Å². The van der Waals surface area contributed by atoms with E-state index in [2.05, 4.69) is 4.57 Å². The van der Waals surface area contributed by atoms with Crippen molar-refractivity contribution in [1.82, 2.24) is 8.87 Å². The maximum Gasteiger partial charge on any atom is 0.244 e. The lowest BCUT2D eigenvalue weighted by molar-refractivity contribution is 0.290. The monoisotopic (exact) mass is 432 g/mol. The fourth-order valence-corrected chi connectivity index (χ4v) is 5.42. The van der Waals surface area contributed by atoms with Crippen LogP contribution in [0.3, 0.4) is 0 Å². The van der Waals surface area contributed by atoms with Crippen LogP contribution in [0.25, 0.3) is 0 Å². The van der Waals surface area contributed by atoms with E-state index in [0.717, 1.165) is 11.3 Å². The fourth-order valence-electron chi connectivity index (χ4n) is 3.72. The van der Waals surface area contributed by atoms with Crippen LogP contribution >= 0.6 is 11.6 Å². The molecule has 0 saturated heterocycles. The van der Waals surface area contributed by atoms with Gasteiger partial charge in [-0.25, -0.2) is 8.42 Å². The number of halogens is 1. The third-order valence-corrected chi connectivity index (χ3v) is 7.28. The molecule has 0 spiro atoms. The van der Waals surface area contributed by atoms with Gasteiger partial charge in [0.2, 0.25) is 10.0 Å². The largest absolute Gasteiger partial charge is 0.497 e. The average molecular weight is 433 g/mol. The summed E-state index contributed by atoms with van der Waals surface area (Å²) in [4.78, 5) is 0.208. The van der Waals surface area contributed by atoms with E-state index >= 15 is 0 Å². The second-order valence-electron chi connectivity index (χ2n) is 6.71. The summed E-state index contributed by atoms with van der Waals surface area (Å²) in [5.74, 6) is 1.21. The molecule has 152 valence electrons. The first-order valence-corrected chi connectivity index (χ1v) is 10.9. The van der Waals surface area contributed by atoms with Gasteiger partial charge in [0, 0.05) is 41.6 Å². The second-order valence-corrected chi connectivity index (χ2v) is 9.03. The van der Waals surface area contributed by atoms with Crippen LogP contribution in [0.5, 0.6) is 11.5 Å². The number of aromatic nitrogens is 1. The zero-order valence-corrected chi connectivity index (χ0v) is 17.7.